The lowest BCUT2D eigenvalue weighted by atomic mass is 10.2. The zero-order chi connectivity index (χ0) is 18.1. The second-order valence-corrected chi connectivity index (χ2v) is 6.90. The first kappa shape index (κ1) is 19.4. The molecule has 1 unspecified atom stereocenters. The summed E-state index contributed by atoms with van der Waals surface area (Å²) in [7, 11) is 0. The maximum Gasteiger partial charge on any atom is 0.416 e. The lowest BCUT2D eigenvalue weighted by Crippen LogP contribution is -2.37. The molecule has 0 fully saturated rings. The Hall–Kier alpha value is -2.35. The predicted molar refractivity (Wildman–Crippen MR) is 108 cm³/mol. The Labute approximate surface area is 168 Å². The van der Waals surface area contributed by atoms with Gasteiger partial charge in [-0.2, -0.15) is 0 Å². The van der Waals surface area contributed by atoms with Gasteiger partial charge in [-0.3, -0.25) is 4.90 Å². The molecule has 2 aromatic rings. The van der Waals surface area contributed by atoms with Gasteiger partial charge >= 0.3 is 6.09 Å². The number of anilines is 1. The molecule has 2 aromatic carbocycles. The maximum absolute atomic E-state index is 12.1. The minimum atomic E-state index is -0.343. The number of hydrogen-bond acceptors (Lipinski definition) is 6. The summed E-state index contributed by atoms with van der Waals surface area (Å²) in [4.78, 5) is 16.8. The molecule has 6 nitrogen and oxygen atoms in total. The van der Waals surface area contributed by atoms with Crippen LogP contribution in [0.2, 0.25) is 0 Å². The zero-order valence-electron chi connectivity index (χ0n) is 14.7. The van der Waals surface area contributed by atoms with Gasteiger partial charge in [-0.15, -0.1) is 12.4 Å². The second kappa shape index (κ2) is 8.12. The van der Waals surface area contributed by atoms with Crippen LogP contribution in [-0.2, 0) is 11.3 Å². The fraction of sp³-hybridized carbons (Fsp3) is 0.211. The molecular weight excluding hydrogens is 386 g/mol. The molecule has 0 aromatic heterocycles. The molecule has 0 saturated carbocycles. The number of hydrogen-bond donors (Lipinski definition) is 1. The smallest absolute Gasteiger partial charge is 0.416 e. The molecule has 0 aliphatic carbocycles. The van der Waals surface area contributed by atoms with Crippen molar-refractivity contribution in [1.82, 2.24) is 4.90 Å². The van der Waals surface area contributed by atoms with Gasteiger partial charge in [0.25, 0.3) is 0 Å². The molecule has 2 aliphatic heterocycles. The van der Waals surface area contributed by atoms with Gasteiger partial charge in [-0.1, -0.05) is 30.0 Å². The van der Waals surface area contributed by atoms with E-state index in [2.05, 4.69) is 0 Å². The van der Waals surface area contributed by atoms with Crippen LogP contribution in [0.15, 0.2) is 59.8 Å². The summed E-state index contributed by atoms with van der Waals surface area (Å²) in [5.41, 5.74) is 7.58. The van der Waals surface area contributed by atoms with E-state index in [-0.39, 0.29) is 24.0 Å². The zero-order valence-corrected chi connectivity index (χ0v) is 16.3. The van der Waals surface area contributed by atoms with Crippen molar-refractivity contribution in [2.45, 2.75) is 23.9 Å². The number of carbonyl (C=O) groups excluding carboxylic acids is 1. The highest BCUT2D eigenvalue weighted by atomic mass is 35.5. The van der Waals surface area contributed by atoms with E-state index in [0.29, 0.717) is 13.2 Å². The summed E-state index contributed by atoms with van der Waals surface area (Å²) in [5.74, 6) is 1.48. The van der Waals surface area contributed by atoms with Crippen LogP contribution >= 0.6 is 24.2 Å². The van der Waals surface area contributed by atoms with Crippen LogP contribution in [0.3, 0.4) is 0 Å². The number of para-hydroxylation sites is 1. The van der Waals surface area contributed by atoms with Gasteiger partial charge in [-0.25, -0.2) is 4.79 Å². The molecule has 142 valence electrons. The van der Waals surface area contributed by atoms with Crippen molar-refractivity contribution in [2.75, 3.05) is 11.5 Å². The van der Waals surface area contributed by atoms with Crippen molar-refractivity contribution >= 4 is 35.9 Å². The SMILES string of the molecule is CCOC(=O)N1C=CN2c3cc(Oc4ccccc4CN)ccc3SC12.Cl. The van der Waals surface area contributed by atoms with E-state index in [1.165, 1.54) is 0 Å². The number of amides is 1. The van der Waals surface area contributed by atoms with Gasteiger partial charge in [0, 0.05) is 35.5 Å². The molecule has 27 heavy (non-hydrogen) atoms. The van der Waals surface area contributed by atoms with E-state index < -0.39 is 0 Å². The summed E-state index contributed by atoms with van der Waals surface area (Å²) in [5, 5.41) is 0. The van der Waals surface area contributed by atoms with Crippen LogP contribution in [0.5, 0.6) is 11.5 Å². The summed E-state index contributed by atoms with van der Waals surface area (Å²) in [6.45, 7) is 2.57. The Morgan fingerprint density at radius 1 is 1.22 bits per heavy atom. The van der Waals surface area contributed by atoms with Crippen molar-refractivity contribution in [3.63, 3.8) is 0 Å². The van der Waals surface area contributed by atoms with E-state index >= 15 is 0 Å². The van der Waals surface area contributed by atoms with Gasteiger partial charge < -0.3 is 20.1 Å². The van der Waals surface area contributed by atoms with Crippen molar-refractivity contribution in [2.24, 2.45) is 5.73 Å². The number of ether oxygens (including phenoxy) is 2. The lowest BCUT2D eigenvalue weighted by molar-refractivity contribution is 0.122. The molecule has 4 rings (SSSR count). The van der Waals surface area contributed by atoms with Crippen LogP contribution in [0, 0.1) is 0 Å². The number of halogens is 1. The van der Waals surface area contributed by atoms with Gasteiger partial charge in [0.05, 0.1) is 12.3 Å². The Kier molecular flexibility index (Phi) is 5.84. The van der Waals surface area contributed by atoms with Crippen molar-refractivity contribution in [3.05, 3.63) is 60.4 Å². The molecule has 1 atom stereocenters. The van der Waals surface area contributed by atoms with Crippen LogP contribution in [0.25, 0.3) is 0 Å². The fourth-order valence-corrected chi connectivity index (χ4v) is 4.19. The summed E-state index contributed by atoms with van der Waals surface area (Å²) in [6, 6.07) is 13.6. The lowest BCUT2D eigenvalue weighted by Gasteiger charge is -2.23. The normalized spacial score (nSPS) is 16.6. The van der Waals surface area contributed by atoms with E-state index in [9.17, 15) is 4.79 Å². The molecule has 1 amide bonds. The first-order chi connectivity index (χ1) is 12.7. The number of thioether (sulfide) groups is 1. The second-order valence-electron chi connectivity index (χ2n) is 5.80. The molecule has 0 bridgehead atoms. The third-order valence-electron chi connectivity index (χ3n) is 4.20. The van der Waals surface area contributed by atoms with E-state index in [4.69, 9.17) is 15.2 Å². The molecule has 0 radical (unpaired) electrons. The van der Waals surface area contributed by atoms with Crippen molar-refractivity contribution in [1.29, 1.82) is 0 Å². The molecule has 2 heterocycles. The molecule has 0 spiro atoms. The largest absolute Gasteiger partial charge is 0.457 e. The highest BCUT2D eigenvalue weighted by molar-refractivity contribution is 8.00. The number of benzene rings is 2. The average molecular weight is 406 g/mol. The molecule has 8 heteroatoms. The van der Waals surface area contributed by atoms with Gasteiger partial charge in [0.15, 0.2) is 5.50 Å². The maximum atomic E-state index is 12.1. The number of rotatable bonds is 4. The minimum absolute atomic E-state index is 0. The monoisotopic (exact) mass is 405 g/mol. The Balaban J connectivity index is 0.00000210. The standard InChI is InChI=1S/C19H19N3O3S.ClH/c1-2-24-19(23)22-10-9-21-15-11-14(7-8-17(15)26-18(21)22)25-16-6-4-3-5-13(16)12-20;/h3-11,18H,2,12,20H2,1H3;1H. The van der Waals surface area contributed by atoms with E-state index in [1.807, 2.05) is 53.6 Å². The summed E-state index contributed by atoms with van der Waals surface area (Å²) in [6.07, 6.45) is 3.29. The first-order valence-electron chi connectivity index (χ1n) is 8.39. The molecule has 2 N–H and O–H groups in total. The first-order valence-corrected chi connectivity index (χ1v) is 9.27. The third kappa shape index (κ3) is 3.58. The third-order valence-corrected chi connectivity index (χ3v) is 5.47. The number of nitrogens with zero attached hydrogens (tertiary/aromatic N) is 2. The van der Waals surface area contributed by atoms with Gasteiger partial charge in [0.1, 0.15) is 11.5 Å². The molecular formula is C19H20ClN3O3S. The quantitative estimate of drug-likeness (QED) is 0.807. The highest BCUT2D eigenvalue weighted by Crippen LogP contribution is 2.49. The van der Waals surface area contributed by atoms with Crippen molar-refractivity contribution < 1.29 is 14.3 Å². The van der Waals surface area contributed by atoms with Gasteiger partial charge in [0.2, 0.25) is 0 Å². The minimum Gasteiger partial charge on any atom is -0.457 e. The van der Waals surface area contributed by atoms with Crippen LogP contribution in [-0.4, -0.2) is 23.1 Å². The highest BCUT2D eigenvalue weighted by Gasteiger charge is 2.39. The summed E-state index contributed by atoms with van der Waals surface area (Å²) >= 11 is 1.60. The fourth-order valence-electron chi connectivity index (χ4n) is 2.96. The Bertz CT molecular complexity index is 877. The van der Waals surface area contributed by atoms with Crippen LogP contribution < -0.4 is 15.4 Å². The van der Waals surface area contributed by atoms with E-state index in [0.717, 1.165) is 27.6 Å². The van der Waals surface area contributed by atoms with Crippen LogP contribution in [0.1, 0.15) is 12.5 Å². The number of carbonyl (C=O) groups is 1. The summed E-state index contributed by atoms with van der Waals surface area (Å²) < 4.78 is 11.2. The molecule has 0 saturated heterocycles. The van der Waals surface area contributed by atoms with Gasteiger partial charge in [-0.05, 0) is 25.1 Å². The average Bonchev–Trinajstić information content (AvgIpc) is 3.21. The molecule has 2 aliphatic rings. The topological polar surface area (TPSA) is 68.0 Å². The van der Waals surface area contributed by atoms with Crippen LogP contribution in [0.4, 0.5) is 10.5 Å². The number of nitrogens with two attached hydrogens (primary N) is 1. The Morgan fingerprint density at radius 3 is 2.81 bits per heavy atom. The van der Waals surface area contributed by atoms with Crippen molar-refractivity contribution in [3.8, 4) is 11.5 Å². The number of fused-ring (bicyclic) bond motifs is 3. The van der Waals surface area contributed by atoms with E-state index in [1.54, 1.807) is 29.8 Å². The predicted octanol–water partition coefficient (Wildman–Crippen LogP) is 4.50. The Morgan fingerprint density at radius 2 is 2.04 bits per heavy atom.